The number of alkyl carbamates (subject to hydrolysis) is 1. The number of nitrogens with one attached hydrogen (secondary N) is 1. The van der Waals surface area contributed by atoms with Gasteiger partial charge in [0, 0.05) is 5.92 Å². The van der Waals surface area contributed by atoms with Crippen molar-refractivity contribution in [3.05, 3.63) is 94.3 Å². The zero-order chi connectivity index (χ0) is 28.4. The number of aromatic nitrogens is 3. The molecule has 3 aromatic carbocycles. The van der Waals surface area contributed by atoms with Gasteiger partial charge in [-0.15, -0.1) is 5.10 Å². The lowest BCUT2D eigenvalue weighted by Gasteiger charge is -2.29. The summed E-state index contributed by atoms with van der Waals surface area (Å²) in [6.07, 6.45) is -1.66. The van der Waals surface area contributed by atoms with Crippen LogP contribution >= 0.6 is 0 Å². The molecule has 0 fully saturated rings. The van der Waals surface area contributed by atoms with Crippen molar-refractivity contribution < 1.29 is 23.9 Å². The van der Waals surface area contributed by atoms with Crippen molar-refractivity contribution in [3.8, 4) is 11.1 Å². The van der Waals surface area contributed by atoms with Crippen molar-refractivity contribution in [3.63, 3.8) is 0 Å². The van der Waals surface area contributed by atoms with Crippen LogP contribution in [0.1, 0.15) is 44.7 Å². The molecule has 0 bridgehead atoms. The summed E-state index contributed by atoms with van der Waals surface area (Å²) >= 11 is 0. The topological polar surface area (TPSA) is 122 Å². The van der Waals surface area contributed by atoms with E-state index in [2.05, 4.69) is 15.6 Å². The quantitative estimate of drug-likeness (QED) is 0.350. The van der Waals surface area contributed by atoms with Crippen LogP contribution < -0.4 is 15.7 Å². The average molecular weight is 543 g/mol. The maximum atomic E-state index is 13.3. The number of fused-ring (bicyclic) bond motifs is 4. The minimum absolute atomic E-state index is 0.0613. The Hall–Kier alpha value is -4.57. The van der Waals surface area contributed by atoms with Crippen LogP contribution in [0, 0.1) is 0 Å². The third-order valence-corrected chi connectivity index (χ3v) is 6.60. The van der Waals surface area contributed by atoms with E-state index in [0.717, 1.165) is 22.3 Å². The first-order valence-corrected chi connectivity index (χ1v) is 13.0. The van der Waals surface area contributed by atoms with Gasteiger partial charge in [-0.2, -0.15) is 0 Å². The highest BCUT2D eigenvalue weighted by molar-refractivity contribution is 5.83. The van der Waals surface area contributed by atoms with E-state index in [1.165, 1.54) is 0 Å². The third kappa shape index (κ3) is 5.57. The molecule has 1 amide bonds. The van der Waals surface area contributed by atoms with Crippen LogP contribution in [-0.2, 0) is 14.3 Å². The Kier molecular flexibility index (Phi) is 7.36. The molecule has 206 valence electrons. The first-order chi connectivity index (χ1) is 19.1. The van der Waals surface area contributed by atoms with Gasteiger partial charge in [0.2, 0.25) is 0 Å². The lowest BCUT2D eigenvalue weighted by Crippen LogP contribution is -2.54. The Morgan fingerprint density at radius 2 is 1.55 bits per heavy atom. The summed E-state index contributed by atoms with van der Waals surface area (Å²) in [7, 11) is 0. The molecule has 0 spiro atoms. The molecule has 2 atom stereocenters. The van der Waals surface area contributed by atoms with E-state index in [0.29, 0.717) is 10.4 Å². The summed E-state index contributed by atoms with van der Waals surface area (Å²) in [6.45, 7) is 7.14. The molecular formula is C30H30N4O6. The summed E-state index contributed by atoms with van der Waals surface area (Å²) < 4.78 is 11.6. The number of carbonyl (C=O) groups excluding carboxylic acids is 2. The van der Waals surface area contributed by atoms with Crippen molar-refractivity contribution in [2.24, 2.45) is 0 Å². The van der Waals surface area contributed by atoms with Crippen LogP contribution in [0.15, 0.2) is 77.6 Å². The molecule has 1 heterocycles. The highest BCUT2D eigenvalue weighted by atomic mass is 16.7. The Bertz CT molecular complexity index is 1580. The van der Waals surface area contributed by atoms with Gasteiger partial charge in [-0.3, -0.25) is 4.79 Å². The van der Waals surface area contributed by atoms with Crippen molar-refractivity contribution in [1.82, 2.24) is 20.5 Å². The van der Waals surface area contributed by atoms with Gasteiger partial charge in [0.15, 0.2) is 6.04 Å². The molecule has 10 nitrogen and oxygen atoms in total. The zero-order valence-electron chi connectivity index (χ0n) is 22.7. The van der Waals surface area contributed by atoms with Crippen LogP contribution in [0.25, 0.3) is 22.0 Å². The maximum absolute atomic E-state index is 13.3. The van der Waals surface area contributed by atoms with Gasteiger partial charge in [-0.05, 0) is 72.1 Å². The maximum Gasteiger partial charge on any atom is 0.407 e. The first-order valence-electron chi connectivity index (χ1n) is 13.0. The fourth-order valence-electron chi connectivity index (χ4n) is 4.94. The SMILES string of the molecule is C[C@@H](OC(C)(C)C)[C@H](NC(=O)OCC1c2ccccc2-c2ccccc21)C(=O)On1nnc2ccccc2c1=O. The molecule has 4 aromatic rings. The summed E-state index contributed by atoms with van der Waals surface area (Å²) in [6, 6.07) is 21.2. The summed E-state index contributed by atoms with van der Waals surface area (Å²) in [5, 5.41) is 10.4. The number of hydrogen-bond acceptors (Lipinski definition) is 8. The molecule has 1 N–H and O–H groups in total. The van der Waals surface area contributed by atoms with Gasteiger partial charge >= 0.3 is 17.6 Å². The zero-order valence-corrected chi connectivity index (χ0v) is 22.7. The summed E-state index contributed by atoms with van der Waals surface area (Å²) in [5.74, 6) is -1.12. The first kappa shape index (κ1) is 27.0. The van der Waals surface area contributed by atoms with E-state index >= 15 is 0 Å². The number of ether oxygens (including phenoxy) is 2. The van der Waals surface area contributed by atoms with Crippen LogP contribution in [-0.4, -0.2) is 51.6 Å². The fraction of sp³-hybridized carbons (Fsp3) is 0.300. The van der Waals surface area contributed by atoms with E-state index in [9.17, 15) is 14.4 Å². The number of nitrogens with zero attached hydrogens (tertiary/aromatic N) is 3. The Balaban J connectivity index is 1.33. The smallest absolute Gasteiger partial charge is 0.407 e. The minimum Gasteiger partial charge on any atom is -0.449 e. The number of amides is 1. The lowest BCUT2D eigenvalue weighted by molar-refractivity contribution is -0.156. The molecule has 5 rings (SSSR count). The van der Waals surface area contributed by atoms with E-state index in [4.69, 9.17) is 14.3 Å². The van der Waals surface area contributed by atoms with Crippen LogP contribution in [0.2, 0.25) is 0 Å². The number of carbonyl (C=O) groups is 2. The van der Waals surface area contributed by atoms with Gasteiger partial charge in [-0.1, -0.05) is 60.7 Å². The molecule has 10 heteroatoms. The molecule has 1 aromatic heterocycles. The second-order valence-electron chi connectivity index (χ2n) is 10.6. The van der Waals surface area contributed by atoms with Crippen LogP contribution in [0.3, 0.4) is 0 Å². The molecular weight excluding hydrogens is 512 g/mol. The predicted molar refractivity (Wildman–Crippen MR) is 148 cm³/mol. The normalized spacial score (nSPS) is 14.2. The second kappa shape index (κ2) is 10.9. The molecule has 0 aliphatic heterocycles. The van der Waals surface area contributed by atoms with E-state index < -0.39 is 35.4 Å². The lowest BCUT2D eigenvalue weighted by atomic mass is 9.98. The highest BCUT2D eigenvalue weighted by Gasteiger charge is 2.35. The fourth-order valence-corrected chi connectivity index (χ4v) is 4.94. The number of rotatable bonds is 7. The third-order valence-electron chi connectivity index (χ3n) is 6.60. The van der Waals surface area contributed by atoms with Crippen LogP contribution in [0.5, 0.6) is 0 Å². The molecule has 1 aliphatic rings. The molecule has 1 aliphatic carbocycles. The van der Waals surface area contributed by atoms with Gasteiger partial charge in [-0.25, -0.2) is 9.59 Å². The van der Waals surface area contributed by atoms with Crippen LogP contribution in [0.4, 0.5) is 4.79 Å². The predicted octanol–water partition coefficient (Wildman–Crippen LogP) is 3.86. The Morgan fingerprint density at radius 1 is 0.950 bits per heavy atom. The van der Waals surface area contributed by atoms with Crippen molar-refractivity contribution >= 4 is 23.0 Å². The van der Waals surface area contributed by atoms with Gasteiger partial charge in [0.1, 0.15) is 12.1 Å². The monoisotopic (exact) mass is 542 g/mol. The number of hydrogen-bond donors (Lipinski definition) is 1. The molecule has 0 radical (unpaired) electrons. The Morgan fingerprint density at radius 3 is 2.20 bits per heavy atom. The van der Waals surface area contributed by atoms with Crippen molar-refractivity contribution in [2.75, 3.05) is 6.61 Å². The van der Waals surface area contributed by atoms with E-state index in [1.54, 1.807) is 31.2 Å². The largest absolute Gasteiger partial charge is 0.449 e. The number of benzene rings is 3. The van der Waals surface area contributed by atoms with Crippen molar-refractivity contribution in [1.29, 1.82) is 0 Å². The van der Waals surface area contributed by atoms with E-state index in [1.807, 2.05) is 69.3 Å². The van der Waals surface area contributed by atoms with Crippen molar-refractivity contribution in [2.45, 2.75) is 51.4 Å². The standard InChI is InChI=1S/C30H30N4O6/c1-18(39-30(2,3)4)26(28(36)40-34-27(35)23-15-9-10-16-25(23)32-33-34)31-29(37)38-17-24-21-13-7-5-11-19(21)20-12-6-8-14-22(20)24/h5-16,18,24,26H,17H2,1-4H3,(H,31,37)/t18-,26+/m1/s1. The average Bonchev–Trinajstić information content (AvgIpc) is 3.25. The Labute approximate surface area is 230 Å². The molecule has 0 saturated heterocycles. The minimum atomic E-state index is -1.31. The summed E-state index contributed by atoms with van der Waals surface area (Å²) in [4.78, 5) is 44.8. The molecule has 40 heavy (non-hydrogen) atoms. The van der Waals surface area contributed by atoms with Gasteiger partial charge < -0.3 is 19.6 Å². The van der Waals surface area contributed by atoms with Gasteiger partial charge in [0.05, 0.1) is 17.1 Å². The van der Waals surface area contributed by atoms with Gasteiger partial charge in [0.25, 0.3) is 0 Å². The summed E-state index contributed by atoms with van der Waals surface area (Å²) in [5.41, 5.74) is 3.38. The second-order valence-corrected chi connectivity index (χ2v) is 10.6. The molecule has 0 saturated carbocycles. The molecule has 0 unspecified atom stereocenters. The van der Waals surface area contributed by atoms with E-state index in [-0.39, 0.29) is 17.9 Å². The highest BCUT2D eigenvalue weighted by Crippen LogP contribution is 2.44.